The lowest BCUT2D eigenvalue weighted by atomic mass is 10.2. The van der Waals surface area contributed by atoms with E-state index < -0.39 is 0 Å². The Morgan fingerprint density at radius 1 is 1.10 bits per heavy atom. The fraction of sp³-hybridized carbons (Fsp3) is 0.235. The van der Waals surface area contributed by atoms with Crippen molar-refractivity contribution in [2.24, 2.45) is 0 Å². The minimum Gasteiger partial charge on any atom is -0.492 e. The molecule has 0 atom stereocenters. The van der Waals surface area contributed by atoms with E-state index in [0.29, 0.717) is 19.6 Å². The van der Waals surface area contributed by atoms with E-state index in [9.17, 15) is 4.39 Å². The number of nitrogens with zero attached hydrogens (tertiary/aromatic N) is 2. The Morgan fingerprint density at radius 3 is 2.38 bits per heavy atom. The van der Waals surface area contributed by atoms with Gasteiger partial charge in [-0.15, -0.1) is 0 Å². The summed E-state index contributed by atoms with van der Waals surface area (Å²) in [6, 6.07) is 16.0. The zero-order valence-electron chi connectivity index (χ0n) is 11.9. The fourth-order valence-electron chi connectivity index (χ4n) is 1.92. The van der Waals surface area contributed by atoms with Gasteiger partial charge < -0.3 is 9.64 Å². The van der Waals surface area contributed by atoms with Gasteiger partial charge in [-0.25, -0.2) is 4.39 Å². The van der Waals surface area contributed by atoms with Gasteiger partial charge in [0, 0.05) is 12.7 Å². The number of halogens is 1. The number of hydrogen-bond acceptors (Lipinski definition) is 3. The van der Waals surface area contributed by atoms with E-state index in [0.717, 1.165) is 17.0 Å². The predicted molar refractivity (Wildman–Crippen MR) is 80.9 cm³/mol. The molecule has 2 rings (SSSR count). The quantitative estimate of drug-likeness (QED) is 0.815. The van der Waals surface area contributed by atoms with Gasteiger partial charge in [0.05, 0.1) is 19.0 Å². The number of likely N-dealkylation sites (N-methyl/N-ethyl adjacent to an activating group) is 1. The van der Waals surface area contributed by atoms with Crippen LogP contribution in [0.4, 0.5) is 10.1 Å². The number of nitriles is 1. The molecule has 0 fully saturated rings. The predicted octanol–water partition coefficient (Wildman–Crippen LogP) is 3.41. The average Bonchev–Trinajstić information content (AvgIpc) is 2.50. The number of anilines is 1. The highest BCUT2D eigenvalue weighted by atomic mass is 19.1. The van der Waals surface area contributed by atoms with Crippen LogP contribution in [0.15, 0.2) is 48.5 Å². The minimum absolute atomic E-state index is 0.235. The first-order valence-electron chi connectivity index (χ1n) is 6.74. The molecule has 3 nitrogen and oxygen atoms in total. The number of rotatable bonds is 6. The molecule has 4 heteroatoms. The van der Waals surface area contributed by atoms with Crippen molar-refractivity contribution in [1.29, 1.82) is 5.26 Å². The summed E-state index contributed by atoms with van der Waals surface area (Å²) in [5, 5.41) is 8.61. The molecule has 0 aliphatic rings. The molecule has 0 N–H and O–H groups in total. The van der Waals surface area contributed by atoms with Crippen LogP contribution < -0.4 is 9.64 Å². The van der Waals surface area contributed by atoms with Gasteiger partial charge in [-0.05, 0) is 42.0 Å². The zero-order chi connectivity index (χ0) is 15.1. The third-order valence-electron chi connectivity index (χ3n) is 3.17. The average molecular weight is 284 g/mol. The molecule has 21 heavy (non-hydrogen) atoms. The summed E-state index contributed by atoms with van der Waals surface area (Å²) in [5.74, 6) is 0.546. The lowest BCUT2D eigenvalue weighted by Gasteiger charge is -2.19. The van der Waals surface area contributed by atoms with E-state index in [4.69, 9.17) is 10.00 Å². The van der Waals surface area contributed by atoms with E-state index in [1.807, 2.05) is 36.2 Å². The van der Waals surface area contributed by atoms with Crippen LogP contribution in [0, 0.1) is 17.1 Å². The molecule has 0 radical (unpaired) electrons. The Hall–Kier alpha value is -2.54. The minimum atomic E-state index is -0.235. The van der Waals surface area contributed by atoms with Crippen LogP contribution in [0.1, 0.15) is 5.56 Å². The molecule has 0 heterocycles. The second-order valence-electron chi connectivity index (χ2n) is 4.73. The fourth-order valence-corrected chi connectivity index (χ4v) is 1.92. The summed E-state index contributed by atoms with van der Waals surface area (Å²) in [4.78, 5) is 2.00. The first kappa shape index (κ1) is 14.9. The molecule has 0 unspecified atom stereocenters. The van der Waals surface area contributed by atoms with Crippen molar-refractivity contribution < 1.29 is 9.13 Å². The van der Waals surface area contributed by atoms with Gasteiger partial charge in [0.25, 0.3) is 0 Å². The lowest BCUT2D eigenvalue weighted by Crippen LogP contribution is -2.23. The highest BCUT2D eigenvalue weighted by Crippen LogP contribution is 2.14. The first-order chi connectivity index (χ1) is 10.2. The molecule has 0 aromatic heterocycles. The Balaban J connectivity index is 1.81. The summed E-state index contributed by atoms with van der Waals surface area (Å²) < 4.78 is 18.5. The summed E-state index contributed by atoms with van der Waals surface area (Å²) in [6.45, 7) is 1.23. The summed E-state index contributed by atoms with van der Waals surface area (Å²) in [5.41, 5.74) is 1.93. The number of hydrogen-bond donors (Lipinski definition) is 0. The summed E-state index contributed by atoms with van der Waals surface area (Å²) >= 11 is 0. The zero-order valence-corrected chi connectivity index (χ0v) is 11.9. The van der Waals surface area contributed by atoms with Crippen molar-refractivity contribution in [2.75, 3.05) is 25.1 Å². The Morgan fingerprint density at radius 2 is 1.76 bits per heavy atom. The smallest absolute Gasteiger partial charge is 0.123 e. The van der Waals surface area contributed by atoms with Crippen LogP contribution in [0.3, 0.4) is 0 Å². The van der Waals surface area contributed by atoms with E-state index in [2.05, 4.69) is 6.07 Å². The maximum atomic E-state index is 12.8. The Bertz CT molecular complexity index is 602. The van der Waals surface area contributed by atoms with Crippen molar-refractivity contribution >= 4 is 5.69 Å². The third-order valence-corrected chi connectivity index (χ3v) is 3.17. The molecule has 0 aliphatic heterocycles. The topological polar surface area (TPSA) is 36.3 Å². The molecule has 0 amide bonds. The van der Waals surface area contributed by atoms with E-state index in [-0.39, 0.29) is 5.82 Å². The van der Waals surface area contributed by atoms with Gasteiger partial charge in [0.15, 0.2) is 0 Å². The summed E-state index contributed by atoms with van der Waals surface area (Å²) in [6.07, 6.45) is 0.410. The lowest BCUT2D eigenvalue weighted by molar-refractivity contribution is 0.326. The van der Waals surface area contributed by atoms with Crippen molar-refractivity contribution in [3.8, 4) is 11.8 Å². The Labute approximate surface area is 124 Å². The van der Waals surface area contributed by atoms with Crippen molar-refractivity contribution in [2.45, 2.75) is 6.42 Å². The molecule has 2 aromatic rings. The van der Waals surface area contributed by atoms with Gasteiger partial charge in [0.1, 0.15) is 18.2 Å². The van der Waals surface area contributed by atoms with Gasteiger partial charge in [0.2, 0.25) is 0 Å². The van der Waals surface area contributed by atoms with Gasteiger partial charge in [-0.3, -0.25) is 0 Å². The standard InChI is InChI=1S/C17H17FN2O/c1-20(16-6-4-15(18)5-7-16)12-13-21-17-8-2-14(3-9-17)10-11-19/h2-9H,10,12-13H2,1H3. The van der Waals surface area contributed by atoms with Crippen LogP contribution in [-0.4, -0.2) is 20.2 Å². The summed E-state index contributed by atoms with van der Waals surface area (Å²) in [7, 11) is 1.94. The number of benzene rings is 2. The maximum absolute atomic E-state index is 12.8. The van der Waals surface area contributed by atoms with Crippen LogP contribution in [0.25, 0.3) is 0 Å². The molecule has 0 saturated carbocycles. The van der Waals surface area contributed by atoms with E-state index in [1.165, 1.54) is 12.1 Å². The first-order valence-corrected chi connectivity index (χ1v) is 6.74. The second kappa shape index (κ2) is 7.30. The van der Waals surface area contributed by atoms with E-state index >= 15 is 0 Å². The molecule has 0 bridgehead atoms. The highest BCUT2D eigenvalue weighted by molar-refractivity contribution is 5.45. The Kier molecular flexibility index (Phi) is 5.16. The highest BCUT2D eigenvalue weighted by Gasteiger charge is 2.02. The molecule has 2 aromatic carbocycles. The van der Waals surface area contributed by atoms with Crippen molar-refractivity contribution in [3.63, 3.8) is 0 Å². The monoisotopic (exact) mass is 284 g/mol. The van der Waals surface area contributed by atoms with Crippen LogP contribution in [0.2, 0.25) is 0 Å². The third kappa shape index (κ3) is 4.50. The van der Waals surface area contributed by atoms with Crippen molar-refractivity contribution in [1.82, 2.24) is 0 Å². The largest absolute Gasteiger partial charge is 0.492 e. The number of ether oxygens (including phenoxy) is 1. The van der Waals surface area contributed by atoms with Gasteiger partial charge in [-0.1, -0.05) is 12.1 Å². The molecular weight excluding hydrogens is 267 g/mol. The SMILES string of the molecule is CN(CCOc1ccc(CC#N)cc1)c1ccc(F)cc1. The normalized spacial score (nSPS) is 9.95. The molecule has 0 spiro atoms. The van der Waals surface area contributed by atoms with E-state index in [1.54, 1.807) is 12.1 Å². The van der Waals surface area contributed by atoms with Crippen LogP contribution >= 0.6 is 0 Å². The van der Waals surface area contributed by atoms with Crippen LogP contribution in [-0.2, 0) is 6.42 Å². The van der Waals surface area contributed by atoms with Crippen molar-refractivity contribution in [3.05, 3.63) is 59.9 Å². The van der Waals surface area contributed by atoms with Gasteiger partial charge >= 0.3 is 0 Å². The van der Waals surface area contributed by atoms with Crippen LogP contribution in [0.5, 0.6) is 5.75 Å². The second-order valence-corrected chi connectivity index (χ2v) is 4.73. The molecule has 108 valence electrons. The maximum Gasteiger partial charge on any atom is 0.123 e. The molecular formula is C17H17FN2O. The molecule has 0 aliphatic carbocycles. The van der Waals surface area contributed by atoms with Gasteiger partial charge in [-0.2, -0.15) is 5.26 Å². The molecule has 0 saturated heterocycles.